The van der Waals surface area contributed by atoms with Gasteiger partial charge in [-0.1, -0.05) is 32.6 Å². The Labute approximate surface area is 101 Å². The molecule has 16 heavy (non-hydrogen) atoms. The molecule has 2 aliphatic carbocycles. The lowest BCUT2D eigenvalue weighted by molar-refractivity contribution is 0.227. The highest BCUT2D eigenvalue weighted by molar-refractivity contribution is 4.94. The molecule has 2 unspecified atom stereocenters. The summed E-state index contributed by atoms with van der Waals surface area (Å²) in [6.07, 6.45) is 11.1. The Morgan fingerprint density at radius 3 is 2.50 bits per heavy atom. The Bertz CT molecular complexity index is 209. The fourth-order valence-electron chi connectivity index (χ4n) is 3.30. The maximum Gasteiger partial charge on any atom is 0.0190 e. The summed E-state index contributed by atoms with van der Waals surface area (Å²) < 4.78 is 0. The third-order valence-corrected chi connectivity index (χ3v) is 4.80. The van der Waals surface area contributed by atoms with E-state index in [1.807, 2.05) is 0 Å². The van der Waals surface area contributed by atoms with Crippen LogP contribution in [0, 0.1) is 5.92 Å². The first-order chi connectivity index (χ1) is 7.79. The van der Waals surface area contributed by atoms with Crippen molar-refractivity contribution in [3.05, 3.63) is 0 Å². The van der Waals surface area contributed by atoms with E-state index in [1.165, 1.54) is 57.9 Å². The van der Waals surface area contributed by atoms with Crippen molar-refractivity contribution in [2.24, 2.45) is 5.92 Å². The molecule has 0 spiro atoms. The zero-order valence-electron chi connectivity index (χ0n) is 11.0. The highest BCUT2D eigenvalue weighted by Crippen LogP contribution is 2.34. The van der Waals surface area contributed by atoms with Crippen LogP contribution in [0.5, 0.6) is 0 Å². The Hall–Kier alpha value is -0.0800. The van der Waals surface area contributed by atoms with E-state index < -0.39 is 0 Å². The maximum absolute atomic E-state index is 3.72. The highest BCUT2D eigenvalue weighted by atomic mass is 15.0. The first-order valence-corrected chi connectivity index (χ1v) is 7.22. The largest absolute Gasteiger partial charge is 0.314 e. The molecule has 0 aromatic carbocycles. The Morgan fingerprint density at radius 2 is 1.94 bits per heavy atom. The first kappa shape index (κ1) is 12.4. The molecule has 0 aromatic heterocycles. The van der Waals surface area contributed by atoms with Gasteiger partial charge >= 0.3 is 0 Å². The lowest BCUT2D eigenvalue weighted by atomic mass is 9.79. The van der Waals surface area contributed by atoms with Gasteiger partial charge in [-0.15, -0.1) is 0 Å². The second-order valence-corrected chi connectivity index (χ2v) is 5.81. The van der Waals surface area contributed by atoms with Crippen LogP contribution in [0.25, 0.3) is 0 Å². The average Bonchev–Trinajstić information content (AvgIpc) is 3.09. The van der Waals surface area contributed by atoms with Gasteiger partial charge in [-0.3, -0.25) is 0 Å². The number of rotatable bonds is 6. The van der Waals surface area contributed by atoms with Crippen molar-refractivity contribution in [1.29, 1.82) is 0 Å². The Morgan fingerprint density at radius 1 is 1.19 bits per heavy atom. The third kappa shape index (κ3) is 2.98. The molecule has 2 N–H and O–H groups in total. The molecule has 2 fully saturated rings. The number of hydrogen-bond acceptors (Lipinski definition) is 2. The Kier molecular flexibility index (Phi) is 4.26. The van der Waals surface area contributed by atoms with E-state index >= 15 is 0 Å². The van der Waals surface area contributed by atoms with Crippen LogP contribution >= 0.6 is 0 Å². The van der Waals surface area contributed by atoms with Crippen LogP contribution in [-0.4, -0.2) is 25.2 Å². The molecule has 94 valence electrons. The molecule has 2 heteroatoms. The van der Waals surface area contributed by atoms with E-state index in [4.69, 9.17) is 0 Å². The normalized spacial score (nSPS) is 32.6. The second-order valence-electron chi connectivity index (χ2n) is 5.81. The summed E-state index contributed by atoms with van der Waals surface area (Å²) in [6.45, 7) is 3.52. The minimum Gasteiger partial charge on any atom is -0.314 e. The molecule has 2 rings (SSSR count). The molecule has 0 heterocycles. The molecular formula is C14H28N2. The smallest absolute Gasteiger partial charge is 0.0190 e. The van der Waals surface area contributed by atoms with Gasteiger partial charge in [0.15, 0.2) is 0 Å². The second kappa shape index (κ2) is 5.50. The molecule has 2 aliphatic rings. The lowest BCUT2D eigenvalue weighted by Gasteiger charge is -2.37. The molecule has 2 nitrogen and oxygen atoms in total. The first-order valence-electron chi connectivity index (χ1n) is 7.22. The van der Waals surface area contributed by atoms with Gasteiger partial charge in [0.1, 0.15) is 0 Å². The van der Waals surface area contributed by atoms with E-state index in [9.17, 15) is 0 Å². The van der Waals surface area contributed by atoms with Crippen LogP contribution in [-0.2, 0) is 0 Å². The highest BCUT2D eigenvalue weighted by Gasteiger charge is 2.35. The van der Waals surface area contributed by atoms with E-state index in [1.54, 1.807) is 0 Å². The molecule has 0 saturated heterocycles. The zero-order chi connectivity index (χ0) is 11.4. The van der Waals surface area contributed by atoms with Crippen molar-refractivity contribution in [3.8, 4) is 0 Å². The SMILES string of the molecule is CCC1CC1NCCC1(NC)CCCCC1. The minimum absolute atomic E-state index is 0.460. The van der Waals surface area contributed by atoms with Crippen molar-refractivity contribution in [2.75, 3.05) is 13.6 Å². The molecule has 0 amide bonds. The fraction of sp³-hybridized carbons (Fsp3) is 1.00. The van der Waals surface area contributed by atoms with Gasteiger partial charge in [0.2, 0.25) is 0 Å². The van der Waals surface area contributed by atoms with Crippen molar-refractivity contribution in [3.63, 3.8) is 0 Å². The molecular weight excluding hydrogens is 196 g/mol. The molecule has 0 radical (unpaired) electrons. The monoisotopic (exact) mass is 224 g/mol. The quantitative estimate of drug-likeness (QED) is 0.725. The van der Waals surface area contributed by atoms with Crippen LogP contribution in [0.2, 0.25) is 0 Å². The van der Waals surface area contributed by atoms with Crippen LogP contribution in [0.4, 0.5) is 0 Å². The number of nitrogens with one attached hydrogen (secondary N) is 2. The third-order valence-electron chi connectivity index (χ3n) is 4.80. The average molecular weight is 224 g/mol. The van der Waals surface area contributed by atoms with Gasteiger partial charge < -0.3 is 10.6 Å². The van der Waals surface area contributed by atoms with Crippen molar-refractivity contribution in [1.82, 2.24) is 10.6 Å². The van der Waals surface area contributed by atoms with Gasteiger partial charge in [0.25, 0.3) is 0 Å². The van der Waals surface area contributed by atoms with E-state index in [2.05, 4.69) is 24.6 Å². The summed E-state index contributed by atoms with van der Waals surface area (Å²) in [5, 5.41) is 7.32. The summed E-state index contributed by atoms with van der Waals surface area (Å²) in [4.78, 5) is 0. The van der Waals surface area contributed by atoms with Crippen molar-refractivity contribution >= 4 is 0 Å². The maximum atomic E-state index is 3.72. The van der Waals surface area contributed by atoms with Crippen molar-refractivity contribution in [2.45, 2.75) is 69.9 Å². The van der Waals surface area contributed by atoms with Crippen LogP contribution in [0.1, 0.15) is 58.3 Å². The summed E-state index contributed by atoms with van der Waals surface area (Å²) in [6, 6.07) is 0.850. The van der Waals surface area contributed by atoms with E-state index in [0.717, 1.165) is 12.0 Å². The van der Waals surface area contributed by atoms with Crippen LogP contribution in [0.3, 0.4) is 0 Å². The predicted molar refractivity (Wildman–Crippen MR) is 69.7 cm³/mol. The van der Waals surface area contributed by atoms with Gasteiger partial charge in [-0.05, 0) is 45.2 Å². The molecule has 0 bridgehead atoms. The summed E-state index contributed by atoms with van der Waals surface area (Å²) >= 11 is 0. The predicted octanol–water partition coefficient (Wildman–Crippen LogP) is 2.69. The molecule has 2 saturated carbocycles. The van der Waals surface area contributed by atoms with Crippen molar-refractivity contribution < 1.29 is 0 Å². The summed E-state index contributed by atoms with van der Waals surface area (Å²) in [7, 11) is 2.15. The summed E-state index contributed by atoms with van der Waals surface area (Å²) in [5.74, 6) is 0.983. The lowest BCUT2D eigenvalue weighted by Crippen LogP contribution is -2.46. The minimum atomic E-state index is 0.460. The topological polar surface area (TPSA) is 24.1 Å². The van der Waals surface area contributed by atoms with Crippen LogP contribution < -0.4 is 10.6 Å². The standard InChI is InChI=1S/C14H28N2/c1-3-12-11-13(12)16-10-9-14(15-2)7-5-4-6-8-14/h12-13,15-16H,3-11H2,1-2H3. The Balaban J connectivity index is 1.66. The molecule has 2 atom stereocenters. The van der Waals surface area contributed by atoms with Gasteiger partial charge in [0.05, 0.1) is 0 Å². The number of hydrogen-bond donors (Lipinski definition) is 2. The van der Waals surface area contributed by atoms with Gasteiger partial charge in [0, 0.05) is 11.6 Å². The van der Waals surface area contributed by atoms with Crippen LogP contribution in [0.15, 0.2) is 0 Å². The van der Waals surface area contributed by atoms with Gasteiger partial charge in [-0.25, -0.2) is 0 Å². The van der Waals surface area contributed by atoms with Gasteiger partial charge in [-0.2, -0.15) is 0 Å². The summed E-state index contributed by atoms with van der Waals surface area (Å²) in [5.41, 5.74) is 0.460. The van der Waals surface area contributed by atoms with E-state index in [0.29, 0.717) is 5.54 Å². The molecule has 0 aromatic rings. The van der Waals surface area contributed by atoms with E-state index in [-0.39, 0.29) is 0 Å². The molecule has 0 aliphatic heterocycles. The fourth-order valence-corrected chi connectivity index (χ4v) is 3.30. The zero-order valence-corrected chi connectivity index (χ0v) is 11.0.